The minimum Gasteiger partial charge on any atom is -0.369 e. The first-order valence-corrected chi connectivity index (χ1v) is 13.0. The van der Waals surface area contributed by atoms with Crippen LogP contribution in [-0.4, -0.2) is 51.5 Å². The second kappa shape index (κ2) is 9.21. The average Bonchev–Trinajstić information content (AvgIpc) is 3.51. The Bertz CT molecular complexity index is 1140. The van der Waals surface area contributed by atoms with Crippen molar-refractivity contribution in [3.05, 3.63) is 47.8 Å². The van der Waals surface area contributed by atoms with Crippen molar-refractivity contribution >= 4 is 45.8 Å². The second-order valence-corrected chi connectivity index (χ2v) is 11.5. The molecule has 1 aliphatic carbocycles. The summed E-state index contributed by atoms with van der Waals surface area (Å²) in [5.41, 5.74) is 3.25. The monoisotopic (exact) mass is 501 g/mol. The molecule has 5 atom stereocenters. The molecular weight excluding hydrogens is 469 g/mol. The van der Waals surface area contributed by atoms with Gasteiger partial charge in [0.15, 0.2) is 0 Å². The largest absolute Gasteiger partial charge is 0.369 e. The van der Waals surface area contributed by atoms with Gasteiger partial charge in [0.05, 0.1) is 28.8 Å². The Hall–Kier alpha value is -2.02. The lowest BCUT2D eigenvalue weighted by atomic mass is 9.93. The van der Waals surface area contributed by atoms with Crippen molar-refractivity contribution in [2.75, 3.05) is 18.0 Å². The first kappa shape index (κ1) is 23.7. The Morgan fingerprint density at radius 3 is 2.88 bits per heavy atom. The molecule has 1 amide bonds. The zero-order valence-electron chi connectivity index (χ0n) is 20.0. The van der Waals surface area contributed by atoms with E-state index >= 15 is 0 Å². The summed E-state index contributed by atoms with van der Waals surface area (Å²) in [6, 6.07) is 6.63. The van der Waals surface area contributed by atoms with Gasteiger partial charge < -0.3 is 20.1 Å². The van der Waals surface area contributed by atoms with E-state index in [0.29, 0.717) is 5.03 Å². The molecule has 3 heterocycles. The lowest BCUT2D eigenvalue weighted by Crippen LogP contribution is -2.49. The van der Waals surface area contributed by atoms with E-state index in [2.05, 4.69) is 70.1 Å². The number of alkyl halides is 1. The highest BCUT2D eigenvalue weighted by molar-refractivity contribution is 6.32. The molecule has 1 aromatic carbocycles. The molecule has 2 N–H and O–H groups in total. The highest BCUT2D eigenvalue weighted by atomic mass is 35.5. The van der Waals surface area contributed by atoms with Gasteiger partial charge in [-0.1, -0.05) is 17.7 Å². The Morgan fingerprint density at radius 2 is 2.15 bits per heavy atom. The van der Waals surface area contributed by atoms with E-state index in [1.54, 1.807) is 0 Å². The zero-order valence-corrected chi connectivity index (χ0v) is 21.5. The molecule has 1 aromatic heterocycles. The number of rotatable bonds is 5. The van der Waals surface area contributed by atoms with Crippen LogP contribution in [0.25, 0.3) is 11.0 Å². The summed E-state index contributed by atoms with van der Waals surface area (Å²) in [7, 11) is 0. The van der Waals surface area contributed by atoms with Crippen molar-refractivity contribution in [1.29, 1.82) is 0 Å². The van der Waals surface area contributed by atoms with Gasteiger partial charge >= 0.3 is 0 Å². The van der Waals surface area contributed by atoms with Gasteiger partial charge in [-0.2, -0.15) is 0 Å². The normalized spacial score (nSPS) is 29.4. The van der Waals surface area contributed by atoms with Crippen LogP contribution in [0, 0.1) is 5.92 Å². The molecule has 182 valence electrons. The van der Waals surface area contributed by atoms with E-state index in [9.17, 15) is 4.79 Å². The molecule has 5 rings (SSSR count). The van der Waals surface area contributed by atoms with Gasteiger partial charge in [-0.15, -0.1) is 11.6 Å². The molecule has 2 aromatic rings. The predicted molar refractivity (Wildman–Crippen MR) is 140 cm³/mol. The van der Waals surface area contributed by atoms with Crippen LogP contribution < -0.4 is 15.5 Å². The summed E-state index contributed by atoms with van der Waals surface area (Å²) in [5.74, 6) is 0.260. The number of carbonyl (C=O) groups excluding carboxylic acids is 1. The zero-order chi connectivity index (χ0) is 24.0. The number of hydrogen-bond donors (Lipinski definition) is 2. The van der Waals surface area contributed by atoms with E-state index in [0.717, 1.165) is 49.1 Å². The molecule has 0 bridgehead atoms. The van der Waals surface area contributed by atoms with Crippen LogP contribution in [0.2, 0.25) is 0 Å². The SMILES string of the molecule is CC(C1C=CC(Cl)=CC1Cl)n1cnc2ccc(N3CCC(NC(=O)C4CCC(C)(C)N4)C3)cc21. The smallest absolute Gasteiger partial charge is 0.237 e. The van der Waals surface area contributed by atoms with Crippen LogP contribution in [0.5, 0.6) is 0 Å². The number of allylic oxidation sites excluding steroid dienone is 4. The van der Waals surface area contributed by atoms with E-state index in [4.69, 9.17) is 23.2 Å². The number of benzene rings is 1. The van der Waals surface area contributed by atoms with Crippen LogP contribution in [0.1, 0.15) is 46.1 Å². The fourth-order valence-electron chi connectivity index (χ4n) is 5.51. The number of aromatic nitrogens is 2. The molecule has 2 aliphatic heterocycles. The molecule has 5 unspecified atom stereocenters. The molecule has 8 heteroatoms. The number of hydrogen-bond acceptors (Lipinski definition) is 4. The van der Waals surface area contributed by atoms with Gasteiger partial charge in [0.25, 0.3) is 0 Å². The maximum atomic E-state index is 12.8. The number of nitrogens with one attached hydrogen (secondary N) is 2. The Labute approximate surface area is 211 Å². The van der Waals surface area contributed by atoms with E-state index in [-0.39, 0.29) is 40.9 Å². The standard InChI is InChI=1S/C26H33Cl2N5O/c1-16(20-6-4-17(27)12-21(20)28)33-15-29-22-7-5-19(13-24(22)33)32-11-9-18(14-32)30-25(34)23-8-10-26(2,3)31-23/h4-7,12-13,15-16,18,20-21,23,31H,8-11,14H2,1-3H3,(H,30,34). The molecule has 3 aliphatic rings. The fourth-order valence-corrected chi connectivity index (χ4v) is 6.21. The first-order chi connectivity index (χ1) is 16.2. The van der Waals surface area contributed by atoms with Crippen LogP contribution in [-0.2, 0) is 4.79 Å². The van der Waals surface area contributed by atoms with Crippen molar-refractivity contribution in [2.24, 2.45) is 5.92 Å². The van der Waals surface area contributed by atoms with Gasteiger partial charge in [0.1, 0.15) is 0 Å². The van der Waals surface area contributed by atoms with Crippen molar-refractivity contribution in [2.45, 2.75) is 69.1 Å². The molecule has 34 heavy (non-hydrogen) atoms. The number of anilines is 1. The van der Waals surface area contributed by atoms with Crippen LogP contribution in [0.15, 0.2) is 47.8 Å². The summed E-state index contributed by atoms with van der Waals surface area (Å²) in [5, 5.41) is 7.25. The van der Waals surface area contributed by atoms with Crippen LogP contribution >= 0.6 is 23.2 Å². The fraction of sp³-hybridized carbons (Fsp3) is 0.538. The van der Waals surface area contributed by atoms with Crippen molar-refractivity contribution in [3.63, 3.8) is 0 Å². The van der Waals surface area contributed by atoms with E-state index in [1.807, 2.05) is 18.5 Å². The maximum absolute atomic E-state index is 12.8. The summed E-state index contributed by atoms with van der Waals surface area (Å²) >= 11 is 12.7. The number of halogens is 2. The van der Waals surface area contributed by atoms with Gasteiger partial charge in [-0.3, -0.25) is 4.79 Å². The predicted octanol–water partition coefficient (Wildman–Crippen LogP) is 4.74. The lowest BCUT2D eigenvalue weighted by Gasteiger charge is -2.28. The highest BCUT2D eigenvalue weighted by Crippen LogP contribution is 2.35. The quantitative estimate of drug-likeness (QED) is 0.580. The maximum Gasteiger partial charge on any atom is 0.237 e. The molecule has 0 spiro atoms. The van der Waals surface area contributed by atoms with Crippen LogP contribution in [0.3, 0.4) is 0 Å². The topological polar surface area (TPSA) is 62.2 Å². The lowest BCUT2D eigenvalue weighted by molar-refractivity contribution is -0.123. The molecule has 2 saturated heterocycles. The van der Waals surface area contributed by atoms with Gasteiger partial charge in [-0.05, 0) is 70.4 Å². The third-order valence-electron chi connectivity index (χ3n) is 7.56. The minimum absolute atomic E-state index is 0.0403. The number of carbonyl (C=O) groups is 1. The van der Waals surface area contributed by atoms with E-state index in [1.165, 1.54) is 0 Å². The third-order valence-corrected chi connectivity index (χ3v) is 8.23. The number of fused-ring (bicyclic) bond motifs is 1. The molecule has 0 radical (unpaired) electrons. The summed E-state index contributed by atoms with van der Waals surface area (Å²) in [6.07, 6.45) is 10.7. The molecule has 6 nitrogen and oxygen atoms in total. The molecule has 2 fully saturated rings. The average molecular weight is 502 g/mol. The minimum atomic E-state index is -0.156. The third kappa shape index (κ3) is 4.73. The number of imidazole rings is 1. The van der Waals surface area contributed by atoms with Gasteiger partial charge in [-0.25, -0.2) is 4.98 Å². The van der Waals surface area contributed by atoms with Crippen molar-refractivity contribution < 1.29 is 4.79 Å². The van der Waals surface area contributed by atoms with Crippen molar-refractivity contribution in [1.82, 2.24) is 20.2 Å². The second-order valence-electron chi connectivity index (χ2n) is 10.6. The Morgan fingerprint density at radius 1 is 1.32 bits per heavy atom. The number of nitrogens with zero attached hydrogens (tertiary/aromatic N) is 3. The Balaban J connectivity index is 1.28. The molecule has 0 saturated carbocycles. The Kier molecular flexibility index (Phi) is 6.42. The van der Waals surface area contributed by atoms with Crippen molar-refractivity contribution in [3.8, 4) is 0 Å². The van der Waals surface area contributed by atoms with Gasteiger partial charge in [0.2, 0.25) is 5.91 Å². The number of amides is 1. The summed E-state index contributed by atoms with van der Waals surface area (Å²) < 4.78 is 2.21. The van der Waals surface area contributed by atoms with Gasteiger partial charge in [0, 0.05) is 47.3 Å². The first-order valence-electron chi connectivity index (χ1n) is 12.2. The summed E-state index contributed by atoms with van der Waals surface area (Å²) in [4.78, 5) is 19.7. The molecular formula is C26H33Cl2N5O. The summed E-state index contributed by atoms with van der Waals surface area (Å²) in [6.45, 7) is 8.22. The van der Waals surface area contributed by atoms with Crippen LogP contribution in [0.4, 0.5) is 5.69 Å². The van der Waals surface area contributed by atoms with E-state index < -0.39 is 0 Å². The highest BCUT2D eigenvalue weighted by Gasteiger charge is 2.35.